The molecule has 146 valence electrons. The number of urea groups is 1. The largest absolute Gasteiger partial charge is 0.497 e. The molecule has 0 aromatic heterocycles. The summed E-state index contributed by atoms with van der Waals surface area (Å²) >= 11 is 0. The molecule has 1 aliphatic rings. The van der Waals surface area contributed by atoms with Gasteiger partial charge in [-0.1, -0.05) is 31.2 Å². The van der Waals surface area contributed by atoms with E-state index in [-0.39, 0.29) is 30.9 Å². The molecule has 0 saturated carbocycles. The number of ether oxygens (including phenoxy) is 1. The number of benzene rings is 2. The minimum absolute atomic E-state index is 0.0129. The highest BCUT2D eigenvalue weighted by atomic mass is 16.5. The summed E-state index contributed by atoms with van der Waals surface area (Å²) in [6.07, 6.45) is 0.736. The van der Waals surface area contributed by atoms with E-state index in [1.54, 1.807) is 31.4 Å². The second kappa shape index (κ2) is 8.56. The zero-order chi connectivity index (χ0) is 20.1. The Morgan fingerprint density at radius 3 is 2.57 bits per heavy atom. The second-order valence-corrected chi connectivity index (χ2v) is 6.55. The fraction of sp³-hybridized carbons (Fsp3) is 0.286. The smallest absolute Gasteiger partial charge is 0.324 e. The van der Waals surface area contributed by atoms with Crippen LogP contribution in [0.1, 0.15) is 40.9 Å². The highest BCUT2D eigenvalue weighted by molar-refractivity contribution is 6.02. The molecule has 2 N–H and O–H groups in total. The van der Waals surface area contributed by atoms with Crippen LogP contribution in [0.4, 0.5) is 4.79 Å². The number of amides is 4. The molecule has 7 nitrogen and oxygen atoms in total. The Morgan fingerprint density at radius 2 is 1.96 bits per heavy atom. The third-order valence-corrected chi connectivity index (χ3v) is 4.70. The van der Waals surface area contributed by atoms with Crippen LogP contribution < -0.4 is 15.4 Å². The van der Waals surface area contributed by atoms with E-state index < -0.39 is 6.03 Å². The van der Waals surface area contributed by atoms with Crippen LogP contribution in [-0.4, -0.2) is 36.4 Å². The third-order valence-electron chi connectivity index (χ3n) is 4.70. The molecule has 1 saturated heterocycles. The van der Waals surface area contributed by atoms with E-state index in [9.17, 15) is 14.4 Å². The normalized spacial score (nSPS) is 14.6. The van der Waals surface area contributed by atoms with Gasteiger partial charge in [-0.25, -0.2) is 4.79 Å². The van der Waals surface area contributed by atoms with E-state index in [1.807, 2.05) is 31.2 Å². The molecule has 0 unspecified atom stereocenters. The number of nitrogens with one attached hydrogen (secondary N) is 2. The zero-order valence-corrected chi connectivity index (χ0v) is 15.9. The van der Waals surface area contributed by atoms with Crippen LogP contribution in [0.2, 0.25) is 0 Å². The van der Waals surface area contributed by atoms with Crippen LogP contribution in [0.15, 0.2) is 48.5 Å². The average molecular weight is 381 g/mol. The quantitative estimate of drug-likeness (QED) is 0.722. The lowest BCUT2D eigenvalue weighted by Gasteiger charge is -2.18. The lowest BCUT2D eigenvalue weighted by atomic mass is 10.0. The molecule has 1 atom stereocenters. The summed E-state index contributed by atoms with van der Waals surface area (Å²) in [6, 6.07) is 14.0. The maximum Gasteiger partial charge on any atom is 0.324 e. The maximum atomic E-state index is 12.7. The molecule has 28 heavy (non-hydrogen) atoms. The molecule has 1 fully saturated rings. The fourth-order valence-electron chi connectivity index (χ4n) is 3.11. The van der Waals surface area contributed by atoms with E-state index in [2.05, 4.69) is 10.6 Å². The van der Waals surface area contributed by atoms with Crippen molar-refractivity contribution in [3.05, 3.63) is 65.2 Å². The van der Waals surface area contributed by atoms with Gasteiger partial charge < -0.3 is 15.4 Å². The Labute approximate surface area is 163 Å². The third kappa shape index (κ3) is 4.31. The van der Waals surface area contributed by atoms with Gasteiger partial charge in [-0.2, -0.15) is 0 Å². The van der Waals surface area contributed by atoms with Crippen LogP contribution in [0, 0.1) is 0 Å². The van der Waals surface area contributed by atoms with E-state index >= 15 is 0 Å². The standard InChI is InChI=1S/C21H23N3O4/c1-3-18(15-7-9-17(28-2)10-8-15)23-20(26)16-6-4-5-14(11-16)13-24-19(25)12-22-21(24)27/h4-11,18H,3,12-13H2,1-2H3,(H,22,27)(H,23,26)/t18-/m1/s1. The van der Waals surface area contributed by atoms with Crippen molar-refractivity contribution in [3.63, 3.8) is 0 Å². The number of hydrogen-bond donors (Lipinski definition) is 2. The lowest BCUT2D eigenvalue weighted by molar-refractivity contribution is -0.125. The molecular formula is C21H23N3O4. The maximum absolute atomic E-state index is 12.7. The zero-order valence-electron chi connectivity index (χ0n) is 15.9. The van der Waals surface area contributed by atoms with E-state index in [0.717, 1.165) is 28.2 Å². The van der Waals surface area contributed by atoms with Gasteiger partial charge in [0.2, 0.25) is 5.91 Å². The molecule has 0 spiro atoms. The van der Waals surface area contributed by atoms with Crippen molar-refractivity contribution >= 4 is 17.8 Å². The van der Waals surface area contributed by atoms with E-state index in [4.69, 9.17) is 4.74 Å². The van der Waals surface area contributed by atoms with Gasteiger partial charge in [0.1, 0.15) is 5.75 Å². The van der Waals surface area contributed by atoms with Crippen LogP contribution in [-0.2, 0) is 11.3 Å². The van der Waals surface area contributed by atoms with Crippen LogP contribution in [0.5, 0.6) is 5.75 Å². The van der Waals surface area contributed by atoms with Gasteiger partial charge in [-0.15, -0.1) is 0 Å². The molecule has 7 heteroatoms. The van der Waals surface area contributed by atoms with Gasteiger partial charge in [0.25, 0.3) is 5.91 Å². The first kappa shape index (κ1) is 19.4. The molecule has 3 rings (SSSR count). The summed E-state index contributed by atoms with van der Waals surface area (Å²) in [7, 11) is 1.61. The number of methoxy groups -OCH3 is 1. The van der Waals surface area contributed by atoms with Crippen molar-refractivity contribution in [1.29, 1.82) is 0 Å². The van der Waals surface area contributed by atoms with Crippen LogP contribution in [0.25, 0.3) is 0 Å². The Balaban J connectivity index is 1.70. The highest BCUT2D eigenvalue weighted by Gasteiger charge is 2.28. The van der Waals surface area contributed by atoms with Crippen molar-refractivity contribution in [2.45, 2.75) is 25.9 Å². The van der Waals surface area contributed by atoms with Gasteiger partial charge in [0.05, 0.1) is 26.2 Å². The highest BCUT2D eigenvalue weighted by Crippen LogP contribution is 2.21. The topological polar surface area (TPSA) is 87.7 Å². The molecule has 0 bridgehead atoms. The molecule has 1 heterocycles. The Bertz CT molecular complexity index is 863. The predicted octanol–water partition coefficient (Wildman–Crippen LogP) is 2.63. The Hall–Kier alpha value is -3.35. The van der Waals surface area contributed by atoms with Crippen molar-refractivity contribution in [1.82, 2.24) is 15.5 Å². The monoisotopic (exact) mass is 381 g/mol. The van der Waals surface area contributed by atoms with Crippen molar-refractivity contribution in [2.24, 2.45) is 0 Å². The molecule has 2 aromatic carbocycles. The lowest BCUT2D eigenvalue weighted by Crippen LogP contribution is -2.31. The van der Waals surface area contributed by atoms with Gasteiger partial charge in [0.15, 0.2) is 0 Å². The fourth-order valence-corrected chi connectivity index (χ4v) is 3.11. The number of hydrogen-bond acceptors (Lipinski definition) is 4. The first-order valence-electron chi connectivity index (χ1n) is 9.13. The number of carbonyl (C=O) groups excluding carboxylic acids is 3. The SMILES string of the molecule is CC[C@@H](NC(=O)c1cccc(CN2C(=O)CNC2=O)c1)c1ccc(OC)cc1. The number of nitrogens with zero attached hydrogens (tertiary/aromatic N) is 1. The minimum Gasteiger partial charge on any atom is -0.497 e. The molecule has 0 aliphatic carbocycles. The summed E-state index contributed by atoms with van der Waals surface area (Å²) in [5.74, 6) is 0.283. The van der Waals surface area contributed by atoms with Crippen molar-refractivity contribution in [2.75, 3.05) is 13.7 Å². The Kier molecular flexibility index (Phi) is 5.93. The van der Waals surface area contributed by atoms with Crippen molar-refractivity contribution < 1.29 is 19.1 Å². The first-order chi connectivity index (χ1) is 13.5. The van der Waals surface area contributed by atoms with Gasteiger partial charge in [-0.05, 0) is 41.8 Å². The summed E-state index contributed by atoms with van der Waals surface area (Å²) < 4.78 is 5.17. The molecule has 1 aliphatic heterocycles. The number of imide groups is 1. The van der Waals surface area contributed by atoms with Crippen LogP contribution >= 0.6 is 0 Å². The molecule has 2 aromatic rings. The average Bonchev–Trinajstić information content (AvgIpc) is 3.04. The summed E-state index contributed by atoms with van der Waals surface area (Å²) in [5.41, 5.74) is 2.19. The van der Waals surface area contributed by atoms with E-state index in [1.165, 1.54) is 0 Å². The van der Waals surface area contributed by atoms with E-state index in [0.29, 0.717) is 5.56 Å². The van der Waals surface area contributed by atoms with Gasteiger partial charge in [-0.3, -0.25) is 14.5 Å². The summed E-state index contributed by atoms with van der Waals surface area (Å²) in [5, 5.41) is 5.52. The molecule has 4 amide bonds. The van der Waals surface area contributed by atoms with Crippen molar-refractivity contribution in [3.8, 4) is 5.75 Å². The minimum atomic E-state index is -0.412. The second-order valence-electron chi connectivity index (χ2n) is 6.55. The first-order valence-corrected chi connectivity index (χ1v) is 9.13. The van der Waals surface area contributed by atoms with Crippen LogP contribution in [0.3, 0.4) is 0 Å². The molecular weight excluding hydrogens is 358 g/mol. The number of rotatable bonds is 7. The number of carbonyl (C=O) groups is 3. The van der Waals surface area contributed by atoms with Gasteiger partial charge >= 0.3 is 6.03 Å². The van der Waals surface area contributed by atoms with Gasteiger partial charge in [0, 0.05) is 5.56 Å². The summed E-state index contributed by atoms with van der Waals surface area (Å²) in [6.45, 7) is 2.16. The predicted molar refractivity (Wildman–Crippen MR) is 104 cm³/mol. The molecule has 0 radical (unpaired) electrons. The Morgan fingerprint density at radius 1 is 1.21 bits per heavy atom. The summed E-state index contributed by atoms with van der Waals surface area (Å²) in [4.78, 5) is 37.3.